The standard InChI is InChI=1S/C15H19BrN4O/c1-9(2)8-20(5-3-4-17)13-7-12-10(6-11(13)16)14(18)15(21)19-12/h6-7,9,14H,3,5,8,18H2,1-2H3,(H,19,21). The fourth-order valence-electron chi connectivity index (χ4n) is 2.47. The van der Waals surface area contributed by atoms with Gasteiger partial charge in [-0.15, -0.1) is 0 Å². The highest BCUT2D eigenvalue weighted by atomic mass is 79.9. The molecule has 3 N–H and O–H groups in total. The predicted octanol–water partition coefficient (Wildman–Crippen LogP) is 2.78. The van der Waals surface area contributed by atoms with E-state index in [4.69, 9.17) is 11.0 Å². The second kappa shape index (κ2) is 6.46. The normalized spacial score (nSPS) is 16.6. The molecule has 2 rings (SSSR count). The first-order chi connectivity index (χ1) is 9.93. The Bertz CT molecular complexity index is 594. The summed E-state index contributed by atoms with van der Waals surface area (Å²) in [5.41, 5.74) is 8.40. The Morgan fingerprint density at radius 1 is 1.52 bits per heavy atom. The van der Waals surface area contributed by atoms with Gasteiger partial charge in [-0.25, -0.2) is 0 Å². The third kappa shape index (κ3) is 3.36. The molecule has 1 aliphatic heterocycles. The number of halogens is 1. The maximum atomic E-state index is 11.7. The zero-order valence-electron chi connectivity index (χ0n) is 12.2. The van der Waals surface area contributed by atoms with Gasteiger partial charge in [0.25, 0.3) is 0 Å². The van der Waals surface area contributed by atoms with Gasteiger partial charge in [0.15, 0.2) is 0 Å². The molecule has 1 aliphatic rings. The highest BCUT2D eigenvalue weighted by Crippen LogP contribution is 2.38. The Hall–Kier alpha value is -1.58. The van der Waals surface area contributed by atoms with Crippen molar-refractivity contribution in [3.63, 3.8) is 0 Å². The monoisotopic (exact) mass is 350 g/mol. The first-order valence-corrected chi connectivity index (χ1v) is 7.75. The average Bonchev–Trinajstić information content (AvgIpc) is 2.69. The number of hydrogen-bond acceptors (Lipinski definition) is 4. The Labute approximate surface area is 133 Å². The summed E-state index contributed by atoms with van der Waals surface area (Å²) in [5.74, 6) is 0.294. The minimum Gasteiger partial charge on any atom is -0.369 e. The van der Waals surface area contributed by atoms with Crippen molar-refractivity contribution < 1.29 is 4.79 Å². The molecule has 0 radical (unpaired) electrons. The summed E-state index contributed by atoms with van der Waals surface area (Å²) in [6.45, 7) is 5.78. The molecule has 0 saturated heterocycles. The Morgan fingerprint density at radius 3 is 2.86 bits per heavy atom. The number of nitriles is 1. The molecule has 0 spiro atoms. The number of nitrogens with one attached hydrogen (secondary N) is 1. The first kappa shape index (κ1) is 15.8. The quantitative estimate of drug-likeness (QED) is 0.855. The molecule has 0 aromatic heterocycles. The molecule has 1 atom stereocenters. The van der Waals surface area contributed by atoms with Crippen molar-refractivity contribution in [3.8, 4) is 6.07 Å². The van der Waals surface area contributed by atoms with Crippen LogP contribution in [0.15, 0.2) is 16.6 Å². The van der Waals surface area contributed by atoms with Crippen LogP contribution in [-0.4, -0.2) is 19.0 Å². The SMILES string of the molecule is CC(C)CN(CCC#N)c1cc2c(cc1Br)C(N)C(=O)N2. The van der Waals surface area contributed by atoms with Gasteiger partial charge in [0.05, 0.1) is 18.2 Å². The summed E-state index contributed by atoms with van der Waals surface area (Å²) in [6.07, 6.45) is 0.460. The number of carbonyl (C=O) groups is 1. The smallest absolute Gasteiger partial charge is 0.245 e. The van der Waals surface area contributed by atoms with E-state index in [1.807, 2.05) is 12.1 Å². The Morgan fingerprint density at radius 2 is 2.24 bits per heavy atom. The van der Waals surface area contributed by atoms with E-state index in [0.717, 1.165) is 28.0 Å². The predicted molar refractivity (Wildman–Crippen MR) is 87.0 cm³/mol. The van der Waals surface area contributed by atoms with Crippen LogP contribution in [0.3, 0.4) is 0 Å². The summed E-state index contributed by atoms with van der Waals surface area (Å²) >= 11 is 3.56. The number of nitrogens with zero attached hydrogens (tertiary/aromatic N) is 2. The number of fused-ring (bicyclic) bond motifs is 1. The van der Waals surface area contributed by atoms with Crippen molar-refractivity contribution in [1.29, 1.82) is 5.26 Å². The highest BCUT2D eigenvalue weighted by molar-refractivity contribution is 9.10. The molecule has 0 bridgehead atoms. The van der Waals surface area contributed by atoms with E-state index < -0.39 is 6.04 Å². The molecule has 0 fully saturated rings. The Kier molecular flexibility index (Phi) is 4.86. The minimum absolute atomic E-state index is 0.179. The Balaban J connectivity index is 2.36. The molecule has 1 amide bonds. The van der Waals surface area contributed by atoms with Gasteiger partial charge in [0, 0.05) is 28.8 Å². The van der Waals surface area contributed by atoms with Crippen molar-refractivity contribution in [2.24, 2.45) is 11.7 Å². The third-order valence-corrected chi connectivity index (χ3v) is 4.05. The van der Waals surface area contributed by atoms with Crippen LogP contribution in [0.5, 0.6) is 0 Å². The van der Waals surface area contributed by atoms with E-state index in [9.17, 15) is 4.79 Å². The summed E-state index contributed by atoms with van der Waals surface area (Å²) < 4.78 is 0.895. The van der Waals surface area contributed by atoms with Crippen molar-refractivity contribution in [2.45, 2.75) is 26.3 Å². The molecule has 1 aromatic rings. The summed E-state index contributed by atoms with van der Waals surface area (Å²) in [5, 5.41) is 11.6. The second-order valence-electron chi connectivity index (χ2n) is 5.61. The van der Waals surface area contributed by atoms with Gasteiger partial charge in [-0.3, -0.25) is 4.79 Å². The van der Waals surface area contributed by atoms with Crippen LogP contribution in [0, 0.1) is 17.2 Å². The van der Waals surface area contributed by atoms with Crippen molar-refractivity contribution in [3.05, 3.63) is 22.2 Å². The van der Waals surface area contributed by atoms with Gasteiger partial charge in [-0.05, 0) is 34.0 Å². The van der Waals surface area contributed by atoms with Crippen LogP contribution in [0.1, 0.15) is 31.9 Å². The molecule has 0 saturated carbocycles. The number of anilines is 2. The lowest BCUT2D eigenvalue weighted by atomic mass is 10.1. The largest absolute Gasteiger partial charge is 0.369 e. The highest BCUT2D eigenvalue weighted by Gasteiger charge is 2.29. The van der Waals surface area contributed by atoms with Gasteiger partial charge < -0.3 is 16.0 Å². The molecule has 112 valence electrons. The van der Waals surface area contributed by atoms with E-state index >= 15 is 0 Å². The van der Waals surface area contributed by atoms with E-state index in [-0.39, 0.29) is 5.91 Å². The van der Waals surface area contributed by atoms with E-state index in [1.54, 1.807) is 0 Å². The molecular weight excluding hydrogens is 332 g/mol. The number of benzene rings is 1. The summed E-state index contributed by atoms with van der Waals surface area (Å²) in [6, 6.07) is 5.40. The van der Waals surface area contributed by atoms with Crippen LogP contribution in [-0.2, 0) is 4.79 Å². The molecule has 5 nitrogen and oxygen atoms in total. The molecule has 1 heterocycles. The van der Waals surface area contributed by atoms with Crippen LogP contribution >= 0.6 is 15.9 Å². The van der Waals surface area contributed by atoms with Crippen molar-refractivity contribution in [1.82, 2.24) is 0 Å². The van der Waals surface area contributed by atoms with Crippen LogP contribution in [0.25, 0.3) is 0 Å². The molecule has 1 unspecified atom stereocenters. The molecule has 1 aromatic carbocycles. The maximum absolute atomic E-state index is 11.7. The summed E-state index contributed by atoms with van der Waals surface area (Å²) in [7, 11) is 0. The van der Waals surface area contributed by atoms with E-state index in [0.29, 0.717) is 18.9 Å². The van der Waals surface area contributed by atoms with E-state index in [2.05, 4.69) is 46.1 Å². The maximum Gasteiger partial charge on any atom is 0.245 e. The third-order valence-electron chi connectivity index (χ3n) is 3.41. The van der Waals surface area contributed by atoms with Gasteiger partial charge in [0.1, 0.15) is 6.04 Å². The van der Waals surface area contributed by atoms with E-state index in [1.165, 1.54) is 0 Å². The number of nitrogens with two attached hydrogens (primary N) is 1. The molecule has 0 aliphatic carbocycles. The van der Waals surface area contributed by atoms with Gasteiger partial charge in [-0.1, -0.05) is 13.8 Å². The molecule has 21 heavy (non-hydrogen) atoms. The lowest BCUT2D eigenvalue weighted by Gasteiger charge is -2.27. The molecular formula is C15H19BrN4O. The lowest BCUT2D eigenvalue weighted by Crippen LogP contribution is -2.29. The zero-order valence-corrected chi connectivity index (χ0v) is 13.8. The number of amides is 1. The van der Waals surface area contributed by atoms with Gasteiger partial charge in [0.2, 0.25) is 5.91 Å². The van der Waals surface area contributed by atoms with Gasteiger partial charge >= 0.3 is 0 Å². The second-order valence-corrected chi connectivity index (χ2v) is 6.46. The van der Waals surface area contributed by atoms with Crippen molar-refractivity contribution in [2.75, 3.05) is 23.3 Å². The zero-order chi connectivity index (χ0) is 15.6. The minimum atomic E-state index is -0.608. The fourth-order valence-corrected chi connectivity index (χ4v) is 3.08. The number of rotatable bonds is 5. The first-order valence-electron chi connectivity index (χ1n) is 6.95. The lowest BCUT2D eigenvalue weighted by molar-refractivity contribution is -0.116. The van der Waals surface area contributed by atoms with Crippen LogP contribution in [0.2, 0.25) is 0 Å². The number of hydrogen-bond donors (Lipinski definition) is 2. The molecule has 6 heteroatoms. The number of carbonyl (C=O) groups excluding carboxylic acids is 1. The van der Waals surface area contributed by atoms with Crippen LogP contribution < -0.4 is 16.0 Å². The summed E-state index contributed by atoms with van der Waals surface area (Å²) in [4.78, 5) is 13.8. The fraction of sp³-hybridized carbons (Fsp3) is 0.467. The van der Waals surface area contributed by atoms with Gasteiger partial charge in [-0.2, -0.15) is 5.26 Å². The average molecular weight is 351 g/mol. The van der Waals surface area contributed by atoms with Crippen molar-refractivity contribution >= 4 is 33.2 Å². The topological polar surface area (TPSA) is 82.2 Å². The van der Waals surface area contributed by atoms with Crippen LogP contribution in [0.4, 0.5) is 11.4 Å².